The van der Waals surface area contributed by atoms with Gasteiger partial charge in [0.1, 0.15) is 18.3 Å². The van der Waals surface area contributed by atoms with Gasteiger partial charge in [-0.15, -0.1) is 0 Å². The van der Waals surface area contributed by atoms with Crippen LogP contribution in [0.15, 0.2) is 43.0 Å². The van der Waals surface area contributed by atoms with E-state index in [1.807, 2.05) is 6.07 Å². The van der Waals surface area contributed by atoms with E-state index in [9.17, 15) is 9.59 Å². The first-order valence-electron chi connectivity index (χ1n) is 9.18. The fourth-order valence-electron chi connectivity index (χ4n) is 2.78. The number of likely N-dealkylation sites (N-methyl/N-ethyl adjacent to an activating group) is 1. The van der Waals surface area contributed by atoms with Gasteiger partial charge in [-0.1, -0.05) is 19.9 Å². The van der Waals surface area contributed by atoms with Crippen molar-refractivity contribution < 1.29 is 9.59 Å². The molecule has 0 saturated heterocycles. The summed E-state index contributed by atoms with van der Waals surface area (Å²) in [6, 6.07) is 8.36. The van der Waals surface area contributed by atoms with Gasteiger partial charge in [0.05, 0.1) is 5.52 Å². The van der Waals surface area contributed by atoms with Crippen molar-refractivity contribution in [2.75, 3.05) is 31.5 Å². The number of fused-ring (bicyclic) bond motifs is 1. The molecule has 0 atom stereocenters. The van der Waals surface area contributed by atoms with Gasteiger partial charge in [0.25, 0.3) is 5.91 Å². The molecule has 0 aliphatic rings. The van der Waals surface area contributed by atoms with Gasteiger partial charge in [-0.25, -0.2) is 14.8 Å². The minimum atomic E-state index is -0.408. The maximum Gasteiger partial charge on any atom is 0.348 e. The first-order chi connectivity index (χ1) is 13.6. The number of nitrogens with one attached hydrogen (secondary N) is 2. The zero-order valence-electron chi connectivity index (χ0n) is 15.9. The van der Waals surface area contributed by atoms with Crippen molar-refractivity contribution in [1.82, 2.24) is 30.0 Å². The highest BCUT2D eigenvalue weighted by Gasteiger charge is 2.10. The number of amides is 2. The third-order valence-electron chi connectivity index (χ3n) is 4.41. The van der Waals surface area contributed by atoms with Crippen LogP contribution < -0.4 is 10.6 Å². The lowest BCUT2D eigenvalue weighted by atomic mass is 10.1. The van der Waals surface area contributed by atoms with E-state index in [1.165, 1.54) is 12.7 Å². The number of carbonyl (C=O) groups excluding carboxylic acids is 2. The Bertz CT molecular complexity index is 952. The molecule has 2 N–H and O–H groups in total. The minimum Gasteiger partial charge on any atom is -0.349 e. The Labute approximate surface area is 162 Å². The van der Waals surface area contributed by atoms with Gasteiger partial charge < -0.3 is 15.5 Å². The Morgan fingerprint density at radius 3 is 2.68 bits per heavy atom. The van der Waals surface area contributed by atoms with Crippen molar-refractivity contribution in [1.29, 1.82) is 0 Å². The molecule has 0 saturated carbocycles. The van der Waals surface area contributed by atoms with E-state index >= 15 is 0 Å². The molecule has 3 rings (SSSR count). The number of hydrogen-bond acceptors (Lipinski definition) is 6. The summed E-state index contributed by atoms with van der Waals surface area (Å²) in [5.41, 5.74) is 1.65. The van der Waals surface area contributed by atoms with E-state index in [1.54, 1.807) is 24.3 Å². The summed E-state index contributed by atoms with van der Waals surface area (Å²) in [5, 5.41) is 10.2. The van der Waals surface area contributed by atoms with Crippen molar-refractivity contribution in [3.63, 3.8) is 0 Å². The highest BCUT2D eigenvalue weighted by molar-refractivity contribution is 5.96. The first-order valence-corrected chi connectivity index (χ1v) is 9.18. The van der Waals surface area contributed by atoms with Crippen molar-refractivity contribution in [2.24, 2.45) is 0 Å². The molecule has 3 aromatic rings. The summed E-state index contributed by atoms with van der Waals surface area (Å²) >= 11 is 0. The fourth-order valence-corrected chi connectivity index (χ4v) is 2.78. The molecule has 0 fully saturated rings. The predicted octanol–water partition coefficient (Wildman–Crippen LogP) is 1.98. The van der Waals surface area contributed by atoms with E-state index < -0.39 is 6.03 Å². The van der Waals surface area contributed by atoms with Crippen LogP contribution in [-0.4, -0.2) is 62.8 Å². The Balaban J connectivity index is 1.65. The molecule has 0 aliphatic carbocycles. The molecule has 0 radical (unpaired) electrons. The Morgan fingerprint density at radius 1 is 1.14 bits per heavy atom. The highest BCUT2D eigenvalue weighted by atomic mass is 16.2. The molecule has 2 amide bonds. The van der Waals surface area contributed by atoms with Crippen molar-refractivity contribution in [2.45, 2.75) is 13.8 Å². The predicted molar refractivity (Wildman–Crippen MR) is 106 cm³/mol. The van der Waals surface area contributed by atoms with Gasteiger partial charge in [0, 0.05) is 24.2 Å². The number of nitrogens with zero attached hydrogens (tertiary/aromatic N) is 5. The van der Waals surface area contributed by atoms with Gasteiger partial charge in [-0.3, -0.25) is 4.79 Å². The van der Waals surface area contributed by atoms with E-state index in [-0.39, 0.29) is 5.91 Å². The van der Waals surface area contributed by atoms with Gasteiger partial charge in [0.2, 0.25) is 0 Å². The van der Waals surface area contributed by atoms with Crippen molar-refractivity contribution in [3.05, 3.63) is 48.7 Å². The summed E-state index contributed by atoms with van der Waals surface area (Å²) in [6.45, 7) is 7.49. The number of carbonyl (C=O) groups is 2. The lowest BCUT2D eigenvalue weighted by molar-refractivity contribution is 0.0944. The van der Waals surface area contributed by atoms with Crippen LogP contribution in [0.25, 0.3) is 10.9 Å². The maximum absolute atomic E-state index is 12.3. The van der Waals surface area contributed by atoms with E-state index in [0.717, 1.165) is 29.7 Å². The molecule has 0 aliphatic heterocycles. The van der Waals surface area contributed by atoms with Crippen molar-refractivity contribution in [3.8, 4) is 0 Å². The average molecular weight is 381 g/mol. The molecule has 2 aromatic heterocycles. The molecule has 2 heterocycles. The second-order valence-corrected chi connectivity index (χ2v) is 6.16. The van der Waals surface area contributed by atoms with Crippen LogP contribution in [0, 0.1) is 0 Å². The lowest BCUT2D eigenvalue weighted by Gasteiger charge is -2.17. The number of pyridine rings is 1. The van der Waals surface area contributed by atoms with Gasteiger partial charge >= 0.3 is 6.03 Å². The largest absolute Gasteiger partial charge is 0.349 e. The summed E-state index contributed by atoms with van der Waals surface area (Å²) in [6.07, 6.45) is 2.61. The second kappa shape index (κ2) is 9.05. The normalized spacial score (nSPS) is 11.0. The topological polar surface area (TPSA) is 105 Å². The molecule has 9 heteroatoms. The molecule has 146 valence electrons. The quantitative estimate of drug-likeness (QED) is 0.648. The lowest BCUT2D eigenvalue weighted by Crippen LogP contribution is -2.35. The van der Waals surface area contributed by atoms with Crippen LogP contribution in [0.3, 0.4) is 0 Å². The summed E-state index contributed by atoms with van der Waals surface area (Å²) < 4.78 is 1.11. The monoisotopic (exact) mass is 381 g/mol. The highest BCUT2D eigenvalue weighted by Crippen LogP contribution is 2.18. The third-order valence-corrected chi connectivity index (χ3v) is 4.41. The van der Waals surface area contributed by atoms with Crippen LogP contribution in [0.4, 0.5) is 10.5 Å². The molecule has 1 aromatic carbocycles. The van der Waals surface area contributed by atoms with Gasteiger partial charge in [-0.05, 0) is 37.4 Å². The number of hydrogen-bond donors (Lipinski definition) is 2. The molecule has 0 spiro atoms. The fraction of sp³-hybridized carbons (Fsp3) is 0.316. The number of anilines is 1. The molecular formula is C19H23N7O2. The Morgan fingerprint density at radius 2 is 1.96 bits per heavy atom. The summed E-state index contributed by atoms with van der Waals surface area (Å²) in [4.78, 5) is 34.7. The molecular weight excluding hydrogens is 358 g/mol. The van der Waals surface area contributed by atoms with E-state index in [0.29, 0.717) is 23.4 Å². The van der Waals surface area contributed by atoms with E-state index in [2.05, 4.69) is 44.4 Å². The number of aromatic nitrogens is 4. The first kappa shape index (κ1) is 19.4. The second-order valence-electron chi connectivity index (χ2n) is 6.16. The Kier molecular flexibility index (Phi) is 6.28. The van der Waals surface area contributed by atoms with Crippen LogP contribution in [0.5, 0.6) is 0 Å². The molecule has 9 nitrogen and oxygen atoms in total. The molecule has 0 unspecified atom stereocenters. The SMILES string of the molecule is CCN(CC)CCNC(=O)c1ccc2cc(NC(=O)n3cncn3)ccc2n1. The zero-order valence-corrected chi connectivity index (χ0v) is 15.9. The van der Waals surface area contributed by atoms with Crippen molar-refractivity contribution >= 4 is 28.5 Å². The van der Waals surface area contributed by atoms with Crippen LogP contribution in [0.2, 0.25) is 0 Å². The molecule has 28 heavy (non-hydrogen) atoms. The smallest absolute Gasteiger partial charge is 0.348 e. The minimum absolute atomic E-state index is 0.197. The zero-order chi connectivity index (χ0) is 19.9. The summed E-state index contributed by atoms with van der Waals surface area (Å²) in [7, 11) is 0. The van der Waals surface area contributed by atoms with E-state index in [4.69, 9.17) is 0 Å². The van der Waals surface area contributed by atoms with Crippen LogP contribution >= 0.6 is 0 Å². The average Bonchev–Trinajstić information content (AvgIpc) is 3.26. The molecule has 0 bridgehead atoms. The van der Waals surface area contributed by atoms with Crippen LogP contribution in [0.1, 0.15) is 24.3 Å². The van der Waals surface area contributed by atoms with Gasteiger partial charge in [-0.2, -0.15) is 9.78 Å². The third kappa shape index (κ3) is 4.68. The number of benzene rings is 1. The van der Waals surface area contributed by atoms with Gasteiger partial charge in [0.15, 0.2) is 0 Å². The van der Waals surface area contributed by atoms with Crippen LogP contribution in [-0.2, 0) is 0 Å². The number of rotatable bonds is 7. The Hall–Kier alpha value is -3.33. The summed E-state index contributed by atoms with van der Waals surface area (Å²) in [5.74, 6) is -0.197. The standard InChI is InChI=1S/C19H23N7O2/c1-3-25(4-2)10-9-21-18(27)17-7-5-14-11-15(6-8-16(14)24-17)23-19(28)26-13-20-12-22-26/h5-8,11-13H,3-4,9-10H2,1-2H3,(H,21,27)(H,23,28). The maximum atomic E-state index is 12.3.